The van der Waals surface area contributed by atoms with E-state index in [9.17, 15) is 9.18 Å². The zero-order valence-corrected chi connectivity index (χ0v) is 14.0. The van der Waals surface area contributed by atoms with Crippen LogP contribution in [0.15, 0.2) is 42.5 Å². The highest BCUT2D eigenvalue weighted by Gasteiger charge is 2.29. The molecule has 2 aromatic rings. The second-order valence-corrected chi connectivity index (χ2v) is 6.09. The Morgan fingerprint density at radius 2 is 2.08 bits per heavy atom. The van der Waals surface area contributed by atoms with Gasteiger partial charge in [-0.3, -0.25) is 4.90 Å². The van der Waals surface area contributed by atoms with Gasteiger partial charge in [-0.05, 0) is 42.3 Å². The molecule has 1 atom stereocenters. The summed E-state index contributed by atoms with van der Waals surface area (Å²) in [7, 11) is 0. The number of carbonyl (C=O) groups is 1. The maximum Gasteiger partial charge on any atom is 0.322 e. The molecule has 0 unspecified atom stereocenters. The van der Waals surface area contributed by atoms with Crippen LogP contribution in [0.4, 0.5) is 14.9 Å². The number of carbonyl (C=O) groups excluding carboxylic acids is 1. The third-order valence-electron chi connectivity index (χ3n) is 3.95. The number of fused-ring (bicyclic) bond motifs is 1. The molecule has 1 aliphatic rings. The van der Waals surface area contributed by atoms with Gasteiger partial charge in [0.15, 0.2) is 0 Å². The van der Waals surface area contributed by atoms with Crippen molar-refractivity contribution in [2.45, 2.75) is 26.0 Å². The summed E-state index contributed by atoms with van der Waals surface area (Å²) in [4.78, 5) is 14.3. The molecule has 126 valence electrons. The maximum absolute atomic E-state index is 12.9. The van der Waals surface area contributed by atoms with E-state index in [4.69, 9.17) is 16.3 Å². The van der Waals surface area contributed by atoms with Gasteiger partial charge in [0.1, 0.15) is 17.7 Å². The van der Waals surface area contributed by atoms with E-state index in [0.29, 0.717) is 29.5 Å². The van der Waals surface area contributed by atoms with Crippen molar-refractivity contribution in [1.29, 1.82) is 0 Å². The van der Waals surface area contributed by atoms with Crippen molar-refractivity contribution < 1.29 is 13.9 Å². The summed E-state index contributed by atoms with van der Waals surface area (Å²) >= 11 is 6.06. The average Bonchev–Trinajstić information content (AvgIpc) is 2.60. The van der Waals surface area contributed by atoms with Gasteiger partial charge in [0.05, 0.1) is 12.2 Å². The van der Waals surface area contributed by atoms with Gasteiger partial charge < -0.3 is 10.1 Å². The van der Waals surface area contributed by atoms with Crippen LogP contribution in [0, 0.1) is 5.82 Å². The number of nitrogens with one attached hydrogen (secondary N) is 1. The molecule has 4 nitrogen and oxygen atoms in total. The molecule has 0 aromatic heterocycles. The van der Waals surface area contributed by atoms with Crippen LogP contribution >= 0.6 is 11.6 Å². The van der Waals surface area contributed by atoms with Gasteiger partial charge in [0.2, 0.25) is 0 Å². The van der Waals surface area contributed by atoms with Gasteiger partial charge in [-0.25, -0.2) is 9.18 Å². The molecular formula is C18H18ClFN2O2. The number of anilines is 1. The number of urea groups is 1. The largest absolute Gasteiger partial charge is 0.486 e. The van der Waals surface area contributed by atoms with Gasteiger partial charge in [-0.15, -0.1) is 0 Å². The molecule has 6 heteroatoms. The molecule has 24 heavy (non-hydrogen) atoms. The van der Waals surface area contributed by atoms with Crippen molar-refractivity contribution in [2.75, 3.05) is 11.4 Å². The first-order valence-electron chi connectivity index (χ1n) is 7.83. The molecule has 0 saturated heterocycles. The number of rotatable bonds is 3. The zero-order chi connectivity index (χ0) is 17.1. The first-order chi connectivity index (χ1) is 11.6. The predicted molar refractivity (Wildman–Crippen MR) is 92.1 cm³/mol. The van der Waals surface area contributed by atoms with Crippen LogP contribution in [0.3, 0.4) is 0 Å². The van der Waals surface area contributed by atoms with Gasteiger partial charge >= 0.3 is 6.03 Å². The minimum absolute atomic E-state index is 0.0600. The Kier molecular flexibility index (Phi) is 4.90. The van der Waals surface area contributed by atoms with Gasteiger partial charge in [-0.2, -0.15) is 0 Å². The minimum Gasteiger partial charge on any atom is -0.486 e. The SMILES string of the molecule is CC[C@H]1CN(C(=O)NCc2ccc(F)cc2)c2cc(Cl)ccc2O1. The summed E-state index contributed by atoms with van der Waals surface area (Å²) in [5, 5.41) is 3.40. The van der Waals surface area contributed by atoms with E-state index in [0.717, 1.165) is 12.0 Å². The fraction of sp³-hybridized carbons (Fsp3) is 0.278. The van der Waals surface area contributed by atoms with E-state index >= 15 is 0 Å². The zero-order valence-electron chi connectivity index (χ0n) is 13.3. The summed E-state index contributed by atoms with van der Waals surface area (Å²) in [5.74, 6) is 0.349. The Balaban J connectivity index is 1.76. The third-order valence-corrected chi connectivity index (χ3v) is 4.18. The third kappa shape index (κ3) is 3.62. The van der Waals surface area contributed by atoms with Crippen LogP contribution in [0.25, 0.3) is 0 Å². The second kappa shape index (κ2) is 7.09. The van der Waals surface area contributed by atoms with E-state index < -0.39 is 0 Å². The Morgan fingerprint density at radius 1 is 1.33 bits per heavy atom. The lowest BCUT2D eigenvalue weighted by Crippen LogP contribution is -2.47. The van der Waals surface area contributed by atoms with Crippen molar-refractivity contribution in [3.63, 3.8) is 0 Å². The minimum atomic E-state index is -0.299. The van der Waals surface area contributed by atoms with Gasteiger partial charge in [0.25, 0.3) is 0 Å². The molecule has 2 aromatic carbocycles. The first-order valence-corrected chi connectivity index (χ1v) is 8.20. The Morgan fingerprint density at radius 3 is 2.79 bits per heavy atom. The summed E-state index contributed by atoms with van der Waals surface area (Å²) in [6.07, 6.45) is 0.735. The molecule has 2 amide bonds. The van der Waals surface area contributed by atoms with E-state index in [1.807, 2.05) is 6.92 Å². The predicted octanol–water partition coefficient (Wildman–Crippen LogP) is 4.37. The van der Waals surface area contributed by atoms with Crippen LogP contribution in [-0.2, 0) is 6.54 Å². The second-order valence-electron chi connectivity index (χ2n) is 5.66. The number of nitrogens with zero attached hydrogens (tertiary/aromatic N) is 1. The molecule has 0 radical (unpaired) electrons. The normalized spacial score (nSPS) is 16.3. The van der Waals surface area contributed by atoms with Crippen molar-refractivity contribution >= 4 is 23.3 Å². The van der Waals surface area contributed by atoms with Crippen LogP contribution < -0.4 is 15.0 Å². The van der Waals surface area contributed by atoms with Crippen LogP contribution in [0.5, 0.6) is 5.75 Å². The van der Waals surface area contributed by atoms with Crippen LogP contribution in [0.2, 0.25) is 5.02 Å². The molecule has 0 aliphatic carbocycles. The summed E-state index contributed by atoms with van der Waals surface area (Å²) in [6, 6.07) is 11.1. The highest BCUT2D eigenvalue weighted by Crippen LogP contribution is 2.36. The number of halogens is 2. The molecule has 0 bridgehead atoms. The summed E-state index contributed by atoms with van der Waals surface area (Å²) in [5.41, 5.74) is 1.49. The lowest BCUT2D eigenvalue weighted by Gasteiger charge is -2.34. The molecular weight excluding hydrogens is 331 g/mol. The lowest BCUT2D eigenvalue weighted by atomic mass is 10.1. The van der Waals surface area contributed by atoms with E-state index in [1.54, 1.807) is 35.2 Å². The van der Waals surface area contributed by atoms with Crippen molar-refractivity contribution in [3.05, 3.63) is 58.9 Å². The smallest absolute Gasteiger partial charge is 0.322 e. The van der Waals surface area contributed by atoms with E-state index in [2.05, 4.69) is 5.32 Å². The van der Waals surface area contributed by atoms with Crippen LogP contribution in [0.1, 0.15) is 18.9 Å². The van der Waals surface area contributed by atoms with Crippen molar-refractivity contribution in [2.24, 2.45) is 0 Å². The number of benzene rings is 2. The quantitative estimate of drug-likeness (QED) is 0.895. The van der Waals surface area contributed by atoms with Crippen molar-refractivity contribution in [3.8, 4) is 5.75 Å². The molecule has 0 fully saturated rings. The Labute approximate surface area is 145 Å². The molecule has 0 saturated carbocycles. The summed E-state index contributed by atoms with van der Waals surface area (Å²) in [6.45, 7) is 2.79. The van der Waals surface area contributed by atoms with E-state index in [-0.39, 0.29) is 18.0 Å². The highest BCUT2D eigenvalue weighted by atomic mass is 35.5. The fourth-order valence-electron chi connectivity index (χ4n) is 2.60. The number of ether oxygens (including phenoxy) is 1. The molecule has 1 N–H and O–H groups in total. The molecule has 1 heterocycles. The lowest BCUT2D eigenvalue weighted by molar-refractivity contribution is 0.186. The Hall–Kier alpha value is -2.27. The number of amides is 2. The maximum atomic E-state index is 12.9. The molecule has 3 rings (SSSR count). The Bertz CT molecular complexity index is 736. The standard InChI is InChI=1S/C18H18ClFN2O2/c1-2-15-11-22(16-9-13(19)5-8-17(16)24-15)18(23)21-10-12-3-6-14(20)7-4-12/h3-9,15H,2,10-11H2,1H3,(H,21,23)/t15-/m0/s1. The number of hydrogen-bond donors (Lipinski definition) is 1. The fourth-order valence-corrected chi connectivity index (χ4v) is 2.77. The van der Waals surface area contributed by atoms with Gasteiger partial charge in [-0.1, -0.05) is 30.7 Å². The molecule has 0 spiro atoms. The monoisotopic (exact) mass is 348 g/mol. The van der Waals surface area contributed by atoms with Gasteiger partial charge in [0, 0.05) is 11.6 Å². The molecule has 1 aliphatic heterocycles. The first kappa shape index (κ1) is 16.6. The highest BCUT2D eigenvalue weighted by molar-refractivity contribution is 6.31. The van der Waals surface area contributed by atoms with E-state index in [1.165, 1.54) is 12.1 Å². The van der Waals surface area contributed by atoms with Crippen LogP contribution in [-0.4, -0.2) is 18.7 Å². The topological polar surface area (TPSA) is 41.6 Å². The average molecular weight is 349 g/mol. The van der Waals surface area contributed by atoms with Crippen molar-refractivity contribution in [1.82, 2.24) is 5.32 Å². The number of hydrogen-bond acceptors (Lipinski definition) is 2. The summed E-state index contributed by atoms with van der Waals surface area (Å²) < 4.78 is 18.8.